The fraction of sp³-hybridized carbons (Fsp3) is 0.111. The van der Waals surface area contributed by atoms with Gasteiger partial charge in [0.15, 0.2) is 0 Å². The van der Waals surface area contributed by atoms with Gasteiger partial charge in [-0.05, 0) is 24.3 Å². The summed E-state index contributed by atoms with van der Waals surface area (Å²) in [5.74, 6) is 0.591. The highest BCUT2D eigenvalue weighted by Crippen LogP contribution is 2.40. The van der Waals surface area contributed by atoms with Gasteiger partial charge in [0.25, 0.3) is 5.91 Å². The molecule has 0 aliphatic carbocycles. The van der Waals surface area contributed by atoms with Crippen LogP contribution in [-0.2, 0) is 0 Å². The molecule has 24 heavy (non-hydrogen) atoms. The summed E-state index contributed by atoms with van der Waals surface area (Å²) >= 11 is 1.51. The van der Waals surface area contributed by atoms with Gasteiger partial charge < -0.3 is 10.1 Å². The predicted octanol–water partition coefficient (Wildman–Crippen LogP) is 3.92. The highest BCUT2D eigenvalue weighted by molar-refractivity contribution is 7.09. The molecule has 4 rings (SSSR count). The molecule has 0 saturated heterocycles. The van der Waals surface area contributed by atoms with Crippen LogP contribution in [0.15, 0.2) is 60.2 Å². The van der Waals surface area contributed by atoms with Crippen LogP contribution in [0.1, 0.15) is 21.4 Å². The molecule has 1 unspecified atom stereocenters. The Morgan fingerprint density at radius 2 is 1.96 bits per heavy atom. The third-order valence-corrected chi connectivity index (χ3v) is 4.82. The van der Waals surface area contributed by atoms with Crippen molar-refractivity contribution in [1.29, 1.82) is 0 Å². The maximum Gasteiger partial charge on any atom is 0.262 e. The van der Waals surface area contributed by atoms with Crippen molar-refractivity contribution in [3.05, 3.63) is 70.7 Å². The number of fused-ring (bicyclic) bond motifs is 1. The van der Waals surface area contributed by atoms with Gasteiger partial charge in [0.2, 0.25) is 0 Å². The molecule has 1 aromatic heterocycles. The Kier molecular flexibility index (Phi) is 3.66. The number of benzene rings is 2. The molecular formula is C18H15N3O2S. The Hall–Kier alpha value is -2.86. The van der Waals surface area contributed by atoms with Gasteiger partial charge in [-0.2, -0.15) is 0 Å². The molecule has 3 aromatic rings. The summed E-state index contributed by atoms with van der Waals surface area (Å²) < 4.78 is 5.47. The average Bonchev–Trinajstić information content (AvgIpc) is 3.16. The van der Waals surface area contributed by atoms with Gasteiger partial charge in [0.05, 0.1) is 28.7 Å². The lowest BCUT2D eigenvalue weighted by molar-refractivity contribution is 0.0974. The van der Waals surface area contributed by atoms with Gasteiger partial charge in [-0.25, -0.2) is 0 Å². The molecule has 0 saturated carbocycles. The number of nitrogens with one attached hydrogen (secondary N) is 1. The summed E-state index contributed by atoms with van der Waals surface area (Å²) in [5, 5.41) is 3.45. The molecular weight excluding hydrogens is 322 g/mol. The lowest BCUT2D eigenvalue weighted by Crippen LogP contribution is -2.43. The number of methoxy groups -OCH3 is 1. The largest absolute Gasteiger partial charge is 0.495 e. The number of aromatic nitrogens is 1. The van der Waals surface area contributed by atoms with Crippen molar-refractivity contribution in [2.24, 2.45) is 0 Å². The highest BCUT2D eigenvalue weighted by atomic mass is 32.1. The van der Waals surface area contributed by atoms with E-state index < -0.39 is 0 Å². The summed E-state index contributed by atoms with van der Waals surface area (Å²) in [7, 11) is 1.61. The van der Waals surface area contributed by atoms with Crippen molar-refractivity contribution in [3.63, 3.8) is 0 Å². The summed E-state index contributed by atoms with van der Waals surface area (Å²) in [4.78, 5) is 20.1. The van der Waals surface area contributed by atoms with Crippen LogP contribution in [0.4, 0.5) is 11.4 Å². The number of nitrogens with zero attached hydrogens (tertiary/aromatic N) is 2. The first kappa shape index (κ1) is 14.7. The van der Waals surface area contributed by atoms with E-state index in [1.54, 1.807) is 23.7 Å². The number of amides is 1. The third-order valence-electron chi connectivity index (χ3n) is 3.99. The fourth-order valence-electron chi connectivity index (χ4n) is 2.89. The molecule has 120 valence electrons. The number of carbonyl (C=O) groups excluding carboxylic acids is 1. The van der Waals surface area contributed by atoms with Gasteiger partial charge in [-0.3, -0.25) is 14.7 Å². The van der Waals surface area contributed by atoms with E-state index in [1.807, 2.05) is 48.5 Å². The van der Waals surface area contributed by atoms with Crippen molar-refractivity contribution in [2.45, 2.75) is 6.17 Å². The Labute approximate surface area is 143 Å². The molecule has 0 spiro atoms. The number of carbonyl (C=O) groups is 1. The molecule has 0 radical (unpaired) electrons. The second-order valence-electron chi connectivity index (χ2n) is 5.34. The lowest BCUT2D eigenvalue weighted by Gasteiger charge is -2.37. The first-order chi connectivity index (χ1) is 11.8. The Morgan fingerprint density at radius 1 is 1.17 bits per heavy atom. The third kappa shape index (κ3) is 2.32. The smallest absolute Gasteiger partial charge is 0.262 e. The SMILES string of the molecule is COc1ccccc1N1C(=O)c2ccccc2NC1c1cncs1. The second-order valence-corrected chi connectivity index (χ2v) is 6.26. The van der Waals surface area contributed by atoms with E-state index in [4.69, 9.17) is 4.74 Å². The number of ether oxygens (including phenoxy) is 1. The van der Waals surface area contributed by atoms with Gasteiger partial charge in [0.1, 0.15) is 11.9 Å². The number of hydrogen-bond acceptors (Lipinski definition) is 5. The van der Waals surface area contributed by atoms with Crippen LogP contribution in [-0.4, -0.2) is 18.0 Å². The van der Waals surface area contributed by atoms with E-state index >= 15 is 0 Å². The number of thiazole rings is 1. The van der Waals surface area contributed by atoms with Gasteiger partial charge in [0, 0.05) is 11.9 Å². The predicted molar refractivity (Wildman–Crippen MR) is 94.7 cm³/mol. The number of para-hydroxylation sites is 3. The molecule has 5 nitrogen and oxygen atoms in total. The van der Waals surface area contributed by atoms with Crippen molar-refractivity contribution in [3.8, 4) is 5.75 Å². The van der Waals surface area contributed by atoms with E-state index in [0.717, 1.165) is 16.3 Å². The standard InChI is InChI=1S/C18H15N3O2S/c1-23-15-9-5-4-8-14(15)21-17(16-10-19-11-24-16)20-13-7-3-2-6-12(13)18(21)22/h2-11,17,20H,1H3. The molecule has 1 N–H and O–H groups in total. The summed E-state index contributed by atoms with van der Waals surface area (Å²) in [6, 6.07) is 15.1. The van der Waals surface area contributed by atoms with Crippen LogP contribution in [0.25, 0.3) is 0 Å². The van der Waals surface area contributed by atoms with Crippen molar-refractivity contribution >= 4 is 28.6 Å². The average molecular weight is 337 g/mol. The van der Waals surface area contributed by atoms with E-state index in [0.29, 0.717) is 11.3 Å². The Bertz CT molecular complexity index is 879. The van der Waals surface area contributed by atoms with Crippen LogP contribution in [0.2, 0.25) is 0 Å². The van der Waals surface area contributed by atoms with Gasteiger partial charge >= 0.3 is 0 Å². The molecule has 1 aliphatic rings. The zero-order chi connectivity index (χ0) is 16.5. The molecule has 0 fully saturated rings. The number of anilines is 2. The summed E-state index contributed by atoms with van der Waals surface area (Å²) in [6.45, 7) is 0. The molecule has 6 heteroatoms. The van der Waals surface area contributed by atoms with Gasteiger partial charge in [-0.15, -0.1) is 11.3 Å². The Morgan fingerprint density at radius 3 is 2.75 bits per heavy atom. The molecule has 1 amide bonds. The summed E-state index contributed by atoms with van der Waals surface area (Å²) in [6.07, 6.45) is 1.46. The topological polar surface area (TPSA) is 54.5 Å². The maximum atomic E-state index is 13.2. The van der Waals surface area contributed by atoms with E-state index in [-0.39, 0.29) is 12.1 Å². The van der Waals surface area contributed by atoms with Crippen LogP contribution in [0.3, 0.4) is 0 Å². The first-order valence-corrected chi connectivity index (χ1v) is 8.38. The minimum absolute atomic E-state index is 0.0627. The van der Waals surface area contributed by atoms with Crippen molar-refractivity contribution < 1.29 is 9.53 Å². The van der Waals surface area contributed by atoms with Crippen molar-refractivity contribution in [2.75, 3.05) is 17.3 Å². The highest BCUT2D eigenvalue weighted by Gasteiger charge is 2.36. The quantitative estimate of drug-likeness (QED) is 0.787. The zero-order valence-corrected chi connectivity index (χ0v) is 13.8. The molecule has 1 atom stereocenters. The minimum Gasteiger partial charge on any atom is -0.495 e. The van der Waals surface area contributed by atoms with E-state index in [2.05, 4.69) is 10.3 Å². The fourth-order valence-corrected chi connectivity index (χ4v) is 3.55. The maximum absolute atomic E-state index is 13.2. The monoisotopic (exact) mass is 337 g/mol. The number of hydrogen-bond donors (Lipinski definition) is 1. The van der Waals surface area contributed by atoms with Crippen molar-refractivity contribution in [1.82, 2.24) is 4.98 Å². The van der Waals surface area contributed by atoms with E-state index in [1.165, 1.54) is 11.3 Å². The number of rotatable bonds is 3. The van der Waals surface area contributed by atoms with E-state index in [9.17, 15) is 4.79 Å². The Balaban J connectivity index is 1.89. The molecule has 1 aliphatic heterocycles. The van der Waals surface area contributed by atoms with Crippen LogP contribution < -0.4 is 15.0 Å². The van der Waals surface area contributed by atoms with Crippen LogP contribution in [0.5, 0.6) is 5.75 Å². The summed E-state index contributed by atoms with van der Waals surface area (Å²) in [5.41, 5.74) is 3.96. The minimum atomic E-state index is -0.323. The van der Waals surface area contributed by atoms with Crippen LogP contribution in [0, 0.1) is 0 Å². The lowest BCUT2D eigenvalue weighted by atomic mass is 10.1. The zero-order valence-electron chi connectivity index (χ0n) is 13.0. The molecule has 0 bridgehead atoms. The normalized spacial score (nSPS) is 16.5. The first-order valence-electron chi connectivity index (χ1n) is 7.50. The van der Waals surface area contributed by atoms with Crippen LogP contribution >= 0.6 is 11.3 Å². The molecule has 2 aromatic carbocycles. The van der Waals surface area contributed by atoms with Gasteiger partial charge in [-0.1, -0.05) is 24.3 Å². The molecule has 2 heterocycles. The second kappa shape index (κ2) is 5.98.